The summed E-state index contributed by atoms with van der Waals surface area (Å²) in [4.78, 5) is 0. The van der Waals surface area contributed by atoms with Crippen molar-refractivity contribution in [3.05, 3.63) is 35.6 Å². The highest BCUT2D eigenvalue weighted by Gasteiger charge is 2.06. The van der Waals surface area contributed by atoms with Crippen LogP contribution in [0.5, 0.6) is 0 Å². The van der Waals surface area contributed by atoms with Crippen molar-refractivity contribution in [2.75, 3.05) is 6.54 Å². The fourth-order valence-corrected chi connectivity index (χ4v) is 2.04. The second-order valence-electron chi connectivity index (χ2n) is 4.80. The van der Waals surface area contributed by atoms with Gasteiger partial charge in [-0.1, -0.05) is 26.8 Å². The first-order chi connectivity index (χ1) is 8.20. The number of aryl methyl sites for hydroxylation is 1. The van der Waals surface area contributed by atoms with E-state index in [2.05, 4.69) is 44.3 Å². The molecule has 0 aliphatic carbocycles. The van der Waals surface area contributed by atoms with Gasteiger partial charge in [0.25, 0.3) is 0 Å². The Hall–Kier alpha value is -1.28. The maximum absolute atomic E-state index is 5.58. The molecule has 0 unspecified atom stereocenters. The molecule has 0 saturated carbocycles. The summed E-state index contributed by atoms with van der Waals surface area (Å²) in [6.45, 7) is 7.52. The van der Waals surface area contributed by atoms with Crippen LogP contribution in [0, 0.1) is 0 Å². The van der Waals surface area contributed by atoms with E-state index in [1.54, 1.807) is 0 Å². The zero-order valence-electron chi connectivity index (χ0n) is 10.9. The van der Waals surface area contributed by atoms with Crippen molar-refractivity contribution in [1.82, 2.24) is 5.32 Å². The van der Waals surface area contributed by atoms with Gasteiger partial charge < -0.3 is 9.73 Å². The van der Waals surface area contributed by atoms with Gasteiger partial charge >= 0.3 is 0 Å². The summed E-state index contributed by atoms with van der Waals surface area (Å²) >= 11 is 0. The van der Waals surface area contributed by atoms with Crippen LogP contribution in [-0.4, -0.2) is 12.6 Å². The molecule has 92 valence electrons. The zero-order chi connectivity index (χ0) is 12.3. The molecule has 0 atom stereocenters. The number of benzene rings is 1. The van der Waals surface area contributed by atoms with Gasteiger partial charge in [0, 0.05) is 11.4 Å². The summed E-state index contributed by atoms with van der Waals surface area (Å²) in [6, 6.07) is 7.01. The zero-order valence-corrected chi connectivity index (χ0v) is 10.9. The van der Waals surface area contributed by atoms with Crippen molar-refractivity contribution in [3.8, 4) is 0 Å². The highest BCUT2D eigenvalue weighted by atomic mass is 16.3. The molecule has 0 spiro atoms. The van der Waals surface area contributed by atoms with Gasteiger partial charge in [-0.05, 0) is 42.6 Å². The molecule has 0 bridgehead atoms. The van der Waals surface area contributed by atoms with Crippen LogP contribution in [0.4, 0.5) is 0 Å². The first-order valence-electron chi connectivity index (χ1n) is 6.43. The van der Waals surface area contributed by atoms with Gasteiger partial charge in [0.05, 0.1) is 6.26 Å². The van der Waals surface area contributed by atoms with Crippen molar-refractivity contribution in [3.63, 3.8) is 0 Å². The van der Waals surface area contributed by atoms with E-state index in [0.29, 0.717) is 6.04 Å². The number of nitrogens with one attached hydrogen (secondary N) is 1. The van der Waals surface area contributed by atoms with Crippen molar-refractivity contribution in [2.45, 2.75) is 39.7 Å². The first kappa shape index (κ1) is 12.2. The lowest BCUT2D eigenvalue weighted by atomic mass is 10.1. The van der Waals surface area contributed by atoms with Crippen LogP contribution in [0.15, 0.2) is 28.9 Å². The maximum Gasteiger partial charge on any atom is 0.134 e. The molecular weight excluding hydrogens is 210 g/mol. The van der Waals surface area contributed by atoms with E-state index in [9.17, 15) is 0 Å². The lowest BCUT2D eigenvalue weighted by Gasteiger charge is -2.06. The Bertz CT molecular complexity index is 485. The highest BCUT2D eigenvalue weighted by molar-refractivity contribution is 5.81. The predicted octanol–water partition coefficient (Wildman–Crippen LogP) is 3.54. The Morgan fingerprint density at radius 2 is 2.12 bits per heavy atom. The molecule has 1 aromatic heterocycles. The molecule has 2 aromatic rings. The van der Waals surface area contributed by atoms with Gasteiger partial charge in [0.15, 0.2) is 0 Å². The molecule has 2 nitrogen and oxygen atoms in total. The third-order valence-electron chi connectivity index (χ3n) is 3.07. The van der Waals surface area contributed by atoms with Crippen molar-refractivity contribution < 1.29 is 4.42 Å². The fraction of sp³-hybridized carbons (Fsp3) is 0.467. The van der Waals surface area contributed by atoms with Gasteiger partial charge in [-0.2, -0.15) is 0 Å². The smallest absolute Gasteiger partial charge is 0.134 e. The number of furan rings is 1. The SMILES string of the molecule is CCc1ccc2occ(CCNC(C)C)c2c1. The lowest BCUT2D eigenvalue weighted by molar-refractivity contribution is 0.580. The lowest BCUT2D eigenvalue weighted by Crippen LogP contribution is -2.24. The number of fused-ring (bicyclic) bond motifs is 1. The molecule has 0 aliphatic heterocycles. The Morgan fingerprint density at radius 3 is 2.82 bits per heavy atom. The van der Waals surface area contributed by atoms with Crippen LogP contribution in [0.2, 0.25) is 0 Å². The van der Waals surface area contributed by atoms with Crippen LogP contribution < -0.4 is 5.32 Å². The van der Waals surface area contributed by atoms with Gasteiger partial charge in [0.2, 0.25) is 0 Å². The summed E-state index contributed by atoms with van der Waals surface area (Å²) in [5, 5.41) is 4.71. The monoisotopic (exact) mass is 231 g/mol. The molecule has 0 aliphatic rings. The van der Waals surface area contributed by atoms with E-state index >= 15 is 0 Å². The summed E-state index contributed by atoms with van der Waals surface area (Å²) < 4.78 is 5.58. The molecule has 2 heteroatoms. The standard InChI is InChI=1S/C15H21NO/c1-4-12-5-6-15-14(9-12)13(10-17-15)7-8-16-11(2)3/h5-6,9-11,16H,4,7-8H2,1-3H3. The molecule has 17 heavy (non-hydrogen) atoms. The van der Waals surface area contributed by atoms with E-state index in [0.717, 1.165) is 25.0 Å². The average Bonchev–Trinajstić information content (AvgIpc) is 2.71. The Labute approximate surface area is 103 Å². The van der Waals surface area contributed by atoms with Crippen LogP contribution >= 0.6 is 0 Å². The largest absolute Gasteiger partial charge is 0.464 e. The second kappa shape index (κ2) is 5.37. The van der Waals surface area contributed by atoms with Crippen molar-refractivity contribution in [1.29, 1.82) is 0 Å². The van der Waals surface area contributed by atoms with Crippen LogP contribution in [0.25, 0.3) is 11.0 Å². The van der Waals surface area contributed by atoms with Gasteiger partial charge in [-0.25, -0.2) is 0 Å². The molecule has 2 rings (SSSR count). The minimum Gasteiger partial charge on any atom is -0.464 e. The summed E-state index contributed by atoms with van der Waals surface area (Å²) in [5.41, 5.74) is 3.68. The summed E-state index contributed by atoms with van der Waals surface area (Å²) in [7, 11) is 0. The Kier molecular flexibility index (Phi) is 3.85. The van der Waals surface area contributed by atoms with Gasteiger partial charge in [0.1, 0.15) is 5.58 Å². The Morgan fingerprint density at radius 1 is 1.29 bits per heavy atom. The van der Waals surface area contributed by atoms with Crippen LogP contribution in [0.3, 0.4) is 0 Å². The number of hydrogen-bond acceptors (Lipinski definition) is 2. The summed E-state index contributed by atoms with van der Waals surface area (Å²) in [6.07, 6.45) is 4.00. The van der Waals surface area contributed by atoms with E-state index in [1.165, 1.54) is 16.5 Å². The minimum atomic E-state index is 0.541. The molecule has 1 heterocycles. The molecule has 0 saturated heterocycles. The molecule has 0 fully saturated rings. The normalized spacial score (nSPS) is 11.5. The molecule has 1 aromatic carbocycles. The number of hydrogen-bond donors (Lipinski definition) is 1. The van der Waals surface area contributed by atoms with Crippen LogP contribution in [-0.2, 0) is 12.8 Å². The van der Waals surface area contributed by atoms with E-state index in [1.807, 2.05) is 6.26 Å². The van der Waals surface area contributed by atoms with Crippen molar-refractivity contribution >= 4 is 11.0 Å². The summed E-state index contributed by atoms with van der Waals surface area (Å²) in [5.74, 6) is 0. The molecular formula is C15H21NO. The quantitative estimate of drug-likeness (QED) is 0.851. The average molecular weight is 231 g/mol. The molecule has 1 N–H and O–H groups in total. The van der Waals surface area contributed by atoms with Gasteiger partial charge in [-0.3, -0.25) is 0 Å². The fourth-order valence-electron chi connectivity index (χ4n) is 2.04. The van der Waals surface area contributed by atoms with E-state index < -0.39 is 0 Å². The predicted molar refractivity (Wildman–Crippen MR) is 72.4 cm³/mol. The topological polar surface area (TPSA) is 25.2 Å². The highest BCUT2D eigenvalue weighted by Crippen LogP contribution is 2.23. The minimum absolute atomic E-state index is 0.541. The van der Waals surface area contributed by atoms with Crippen LogP contribution in [0.1, 0.15) is 31.9 Å². The first-order valence-corrected chi connectivity index (χ1v) is 6.43. The molecule has 0 radical (unpaired) electrons. The number of rotatable bonds is 5. The second-order valence-corrected chi connectivity index (χ2v) is 4.80. The van der Waals surface area contributed by atoms with Gasteiger partial charge in [-0.15, -0.1) is 0 Å². The van der Waals surface area contributed by atoms with Crippen molar-refractivity contribution in [2.24, 2.45) is 0 Å². The van der Waals surface area contributed by atoms with E-state index in [-0.39, 0.29) is 0 Å². The molecule has 0 amide bonds. The third kappa shape index (κ3) is 2.89. The third-order valence-corrected chi connectivity index (χ3v) is 3.07. The maximum atomic E-state index is 5.58. The Balaban J connectivity index is 2.16. The van der Waals surface area contributed by atoms with E-state index in [4.69, 9.17) is 4.42 Å².